The fraction of sp³-hybridized carbons (Fsp3) is 0. The molecule has 1 heterocycles. The van der Waals surface area contributed by atoms with Crippen molar-refractivity contribution in [1.29, 1.82) is 0 Å². The molecule has 0 amide bonds. The average molecular weight is 578 g/mol. The van der Waals surface area contributed by atoms with Crippen LogP contribution in [0.3, 0.4) is 0 Å². The maximum Gasteiger partial charge on any atom is 0.0540 e. The zero-order chi connectivity index (χ0) is 29.0. The van der Waals surface area contributed by atoms with E-state index < -0.39 is 0 Å². The summed E-state index contributed by atoms with van der Waals surface area (Å²) in [5, 5.41) is 10.3. The van der Waals surface area contributed by atoms with Crippen molar-refractivity contribution in [3.05, 3.63) is 164 Å². The molecule has 0 atom stereocenters. The van der Waals surface area contributed by atoms with Crippen LogP contribution >= 0.6 is 11.3 Å². The second kappa shape index (κ2) is 10.1. The normalized spacial score (nSPS) is 11.6. The summed E-state index contributed by atoms with van der Waals surface area (Å²) in [6, 6.07) is 59.6. The van der Waals surface area contributed by atoms with Crippen molar-refractivity contribution in [2.75, 3.05) is 4.90 Å². The zero-order valence-electron chi connectivity index (χ0n) is 23.9. The number of thiophene rings is 1. The van der Waals surface area contributed by atoms with Crippen LogP contribution < -0.4 is 4.90 Å². The molecule has 0 unspecified atom stereocenters. The molecule has 9 aromatic rings. The summed E-state index contributed by atoms with van der Waals surface area (Å²) in [4.78, 5) is 2.39. The van der Waals surface area contributed by atoms with E-state index in [4.69, 9.17) is 0 Å². The third-order valence-electron chi connectivity index (χ3n) is 8.86. The molecular weight excluding hydrogens is 551 g/mol. The number of rotatable bonds is 4. The van der Waals surface area contributed by atoms with Gasteiger partial charge < -0.3 is 4.90 Å². The van der Waals surface area contributed by atoms with E-state index in [1.165, 1.54) is 69.3 Å². The summed E-state index contributed by atoms with van der Waals surface area (Å²) < 4.78 is 2.67. The molecule has 0 fully saturated rings. The Labute approximate surface area is 259 Å². The topological polar surface area (TPSA) is 3.24 Å². The highest BCUT2D eigenvalue weighted by molar-refractivity contribution is 7.26. The smallest absolute Gasteiger partial charge is 0.0540 e. The Morgan fingerprint density at radius 1 is 0.364 bits per heavy atom. The molecule has 2 heteroatoms. The van der Waals surface area contributed by atoms with Crippen LogP contribution in [0.4, 0.5) is 17.1 Å². The first-order valence-corrected chi connectivity index (χ1v) is 15.8. The van der Waals surface area contributed by atoms with Gasteiger partial charge in [-0.3, -0.25) is 0 Å². The van der Waals surface area contributed by atoms with E-state index in [0.717, 1.165) is 11.4 Å². The van der Waals surface area contributed by atoms with Crippen LogP contribution in [0.2, 0.25) is 0 Å². The minimum Gasteiger partial charge on any atom is -0.310 e. The van der Waals surface area contributed by atoms with E-state index in [2.05, 4.69) is 169 Å². The minimum absolute atomic E-state index is 1.13. The molecular formula is C42H27NS. The van der Waals surface area contributed by atoms with Crippen LogP contribution in [0.25, 0.3) is 63.6 Å². The first-order chi connectivity index (χ1) is 21.8. The third kappa shape index (κ3) is 3.92. The number of hydrogen-bond acceptors (Lipinski definition) is 2. The minimum atomic E-state index is 1.13. The van der Waals surface area contributed by atoms with E-state index in [0.29, 0.717) is 0 Å². The molecule has 0 N–H and O–H groups in total. The standard InChI is InChI=1S/C42H27NS/c1-2-11-30(12-3-1)43(40-18-9-16-34-36-25-22-28-10-4-5-13-32(28)35(36)26-27-37(34)40)31-23-20-29(21-24-31)33-15-8-17-39-38-14-6-7-19-41(38)44-42(33)39/h1-27H. The third-order valence-corrected chi connectivity index (χ3v) is 10.1. The molecule has 0 saturated carbocycles. The van der Waals surface area contributed by atoms with Crippen LogP contribution in [0.15, 0.2) is 164 Å². The summed E-state index contributed by atoms with van der Waals surface area (Å²) >= 11 is 1.88. The fourth-order valence-electron chi connectivity index (χ4n) is 6.80. The largest absolute Gasteiger partial charge is 0.310 e. The molecule has 0 bridgehead atoms. The Balaban J connectivity index is 1.21. The Kier molecular flexibility index (Phi) is 5.75. The van der Waals surface area contributed by atoms with Gasteiger partial charge in [-0.15, -0.1) is 11.3 Å². The molecule has 44 heavy (non-hydrogen) atoms. The van der Waals surface area contributed by atoms with Crippen molar-refractivity contribution in [3.63, 3.8) is 0 Å². The van der Waals surface area contributed by atoms with Crippen LogP contribution in [-0.4, -0.2) is 0 Å². The van der Waals surface area contributed by atoms with Gasteiger partial charge in [0, 0.05) is 36.9 Å². The second-order valence-corrected chi connectivity index (χ2v) is 12.4. The zero-order valence-corrected chi connectivity index (χ0v) is 24.8. The van der Waals surface area contributed by atoms with Gasteiger partial charge in [0.05, 0.1) is 5.69 Å². The Hall–Kier alpha value is -5.44. The fourth-order valence-corrected chi connectivity index (χ4v) is 8.04. The van der Waals surface area contributed by atoms with Crippen molar-refractivity contribution in [3.8, 4) is 11.1 Å². The van der Waals surface area contributed by atoms with E-state index in [-0.39, 0.29) is 0 Å². The molecule has 1 aromatic heterocycles. The first-order valence-electron chi connectivity index (χ1n) is 15.0. The van der Waals surface area contributed by atoms with Crippen molar-refractivity contribution >= 4 is 80.9 Å². The summed E-state index contributed by atoms with van der Waals surface area (Å²) in [7, 11) is 0. The molecule has 0 saturated heterocycles. The lowest BCUT2D eigenvalue weighted by atomic mass is 9.96. The number of benzene rings is 8. The molecule has 0 aliphatic carbocycles. The van der Waals surface area contributed by atoms with Gasteiger partial charge in [-0.05, 0) is 74.5 Å². The van der Waals surface area contributed by atoms with Crippen LogP contribution in [-0.2, 0) is 0 Å². The quantitative estimate of drug-likeness (QED) is 0.188. The van der Waals surface area contributed by atoms with Gasteiger partial charge in [-0.1, -0.05) is 127 Å². The summed E-state index contributed by atoms with van der Waals surface area (Å²) in [5.74, 6) is 0. The molecule has 8 aromatic carbocycles. The van der Waals surface area contributed by atoms with E-state index >= 15 is 0 Å². The number of hydrogen-bond donors (Lipinski definition) is 0. The highest BCUT2D eigenvalue weighted by Crippen LogP contribution is 2.43. The lowest BCUT2D eigenvalue weighted by molar-refractivity contribution is 1.30. The monoisotopic (exact) mass is 577 g/mol. The highest BCUT2D eigenvalue weighted by Gasteiger charge is 2.17. The van der Waals surface area contributed by atoms with Crippen molar-refractivity contribution in [2.24, 2.45) is 0 Å². The number of fused-ring (bicyclic) bond motifs is 8. The van der Waals surface area contributed by atoms with Crippen molar-refractivity contribution < 1.29 is 0 Å². The number of para-hydroxylation sites is 1. The molecule has 0 aliphatic rings. The van der Waals surface area contributed by atoms with Gasteiger partial charge in [0.1, 0.15) is 0 Å². The maximum atomic E-state index is 2.39. The van der Waals surface area contributed by atoms with Gasteiger partial charge in [0.25, 0.3) is 0 Å². The number of nitrogens with zero attached hydrogens (tertiary/aromatic N) is 1. The first kappa shape index (κ1) is 25.1. The van der Waals surface area contributed by atoms with E-state index in [1.807, 2.05) is 11.3 Å². The van der Waals surface area contributed by atoms with Gasteiger partial charge >= 0.3 is 0 Å². The van der Waals surface area contributed by atoms with E-state index in [1.54, 1.807) is 0 Å². The van der Waals surface area contributed by atoms with Crippen molar-refractivity contribution in [1.82, 2.24) is 0 Å². The Bertz CT molecular complexity index is 2490. The molecule has 0 radical (unpaired) electrons. The second-order valence-electron chi connectivity index (χ2n) is 11.3. The summed E-state index contributed by atoms with van der Waals surface area (Å²) in [6.07, 6.45) is 0. The van der Waals surface area contributed by atoms with Gasteiger partial charge in [-0.2, -0.15) is 0 Å². The highest BCUT2D eigenvalue weighted by atomic mass is 32.1. The van der Waals surface area contributed by atoms with Crippen LogP contribution in [0, 0.1) is 0 Å². The predicted octanol–water partition coefficient (Wildman–Crippen LogP) is 12.7. The molecule has 9 rings (SSSR count). The molecule has 206 valence electrons. The van der Waals surface area contributed by atoms with Gasteiger partial charge in [0.2, 0.25) is 0 Å². The Morgan fingerprint density at radius 3 is 1.86 bits per heavy atom. The molecule has 0 spiro atoms. The molecule has 0 aliphatic heterocycles. The lowest BCUT2D eigenvalue weighted by Gasteiger charge is -2.27. The van der Waals surface area contributed by atoms with E-state index in [9.17, 15) is 0 Å². The molecule has 1 nitrogen and oxygen atoms in total. The summed E-state index contributed by atoms with van der Waals surface area (Å²) in [6.45, 7) is 0. The lowest BCUT2D eigenvalue weighted by Crippen LogP contribution is -2.10. The van der Waals surface area contributed by atoms with Gasteiger partial charge in [-0.25, -0.2) is 0 Å². The predicted molar refractivity (Wildman–Crippen MR) is 192 cm³/mol. The maximum absolute atomic E-state index is 2.39. The Morgan fingerprint density at radius 2 is 0.977 bits per heavy atom. The van der Waals surface area contributed by atoms with Crippen molar-refractivity contribution in [2.45, 2.75) is 0 Å². The summed E-state index contributed by atoms with van der Waals surface area (Å²) in [5.41, 5.74) is 5.95. The average Bonchev–Trinajstić information content (AvgIpc) is 3.48. The number of anilines is 3. The van der Waals surface area contributed by atoms with Crippen LogP contribution in [0.1, 0.15) is 0 Å². The van der Waals surface area contributed by atoms with Gasteiger partial charge in [0.15, 0.2) is 0 Å². The van der Waals surface area contributed by atoms with Crippen LogP contribution in [0.5, 0.6) is 0 Å². The SMILES string of the molecule is c1ccc(N(c2ccc(-c3cccc4c3sc3ccccc34)cc2)c2cccc3c2ccc2c4ccccc4ccc32)cc1.